The first-order chi connectivity index (χ1) is 26.2. The topological polar surface area (TPSA) is 161 Å². The van der Waals surface area contributed by atoms with E-state index in [1.165, 1.54) is 73.7 Å². The number of phenolic OH excluding ortho intramolecular Hbond substituents is 1. The molecule has 0 radical (unpaired) electrons. The van der Waals surface area contributed by atoms with Gasteiger partial charge in [0, 0.05) is 0 Å². The lowest BCUT2D eigenvalue weighted by molar-refractivity contribution is -0.275. The molecule has 12 nitrogen and oxygen atoms in total. The second-order valence-electron chi connectivity index (χ2n) is 12.0. The Morgan fingerprint density at radius 3 is 1.43 bits per heavy atom. The lowest BCUT2D eigenvalue weighted by Gasteiger charge is -2.44. The van der Waals surface area contributed by atoms with E-state index in [1.807, 2.05) is 0 Å². The number of ketones is 1. The molecule has 1 heterocycles. The van der Waals surface area contributed by atoms with Crippen LogP contribution in [0.25, 0.3) is 0 Å². The van der Waals surface area contributed by atoms with Crippen molar-refractivity contribution in [2.45, 2.75) is 37.6 Å². The molecule has 5 aromatic rings. The summed E-state index contributed by atoms with van der Waals surface area (Å²) in [5.41, 5.74) is 0.362. The second kappa shape index (κ2) is 17.2. The summed E-state index contributed by atoms with van der Waals surface area (Å²) in [5.74, 6) is -4.50. The van der Waals surface area contributed by atoms with Crippen LogP contribution in [-0.2, 0) is 23.7 Å². The number of hydrogen-bond donors (Lipinski definition) is 1. The molecule has 12 heteroatoms. The molecular formula is C42H34O12. The van der Waals surface area contributed by atoms with Crippen LogP contribution in [0.1, 0.15) is 58.7 Å². The Bertz CT molecular complexity index is 2090. The number of esters is 4. The van der Waals surface area contributed by atoms with Gasteiger partial charge in [-0.05, 0) is 67.6 Å². The first kappa shape index (κ1) is 37.0. The standard InChI is InChI=1S/C42H34O12/c1-26(43)34-31(44)23-14-24-32(34)50-42-37(54-41(48)30-21-12-5-13-22-30)36(53-40(47)29-19-10-4-11-20-29)35(52-39(46)28-17-8-3-9-18-28)33(51-42)25-49-38(45)27-15-6-2-7-16-27/h2-24,33,35-37,42,44H,25H2,1H3/t33-,35+,36+,37-,42-/m1/s1. The number of rotatable bonds is 12. The van der Waals surface area contributed by atoms with Crippen LogP contribution < -0.4 is 4.74 Å². The van der Waals surface area contributed by atoms with Crippen LogP contribution in [0.3, 0.4) is 0 Å². The number of aromatic hydroxyl groups is 1. The molecule has 6 rings (SSSR count). The number of benzene rings is 5. The summed E-state index contributed by atoms with van der Waals surface area (Å²) in [6, 6.07) is 36.0. The predicted molar refractivity (Wildman–Crippen MR) is 191 cm³/mol. The van der Waals surface area contributed by atoms with Crippen molar-refractivity contribution < 1.29 is 57.5 Å². The van der Waals surface area contributed by atoms with E-state index in [0.29, 0.717) is 0 Å². The molecule has 54 heavy (non-hydrogen) atoms. The third kappa shape index (κ3) is 8.80. The van der Waals surface area contributed by atoms with Gasteiger partial charge in [0.2, 0.25) is 12.4 Å². The first-order valence-electron chi connectivity index (χ1n) is 16.8. The number of carbonyl (C=O) groups is 5. The molecule has 1 saturated heterocycles. The molecule has 0 spiro atoms. The van der Waals surface area contributed by atoms with Crippen molar-refractivity contribution in [1.29, 1.82) is 0 Å². The Labute approximate surface area is 309 Å². The SMILES string of the molecule is CC(=O)c1c(O)cccc1O[C@@H]1O[C@H](COC(=O)c2ccccc2)[C@H](OC(=O)c2ccccc2)[C@H](OC(=O)c2ccccc2)[C@H]1OC(=O)c1ccccc1. The number of hydrogen-bond acceptors (Lipinski definition) is 12. The maximum absolute atomic E-state index is 13.8. The second-order valence-corrected chi connectivity index (χ2v) is 12.0. The molecule has 1 N–H and O–H groups in total. The number of carbonyl (C=O) groups excluding carboxylic acids is 5. The third-order valence-corrected chi connectivity index (χ3v) is 8.34. The van der Waals surface area contributed by atoms with Crippen molar-refractivity contribution in [2.75, 3.05) is 6.61 Å². The fourth-order valence-corrected chi connectivity index (χ4v) is 5.72. The molecule has 0 bridgehead atoms. The highest BCUT2D eigenvalue weighted by Gasteiger charge is 2.54. The Morgan fingerprint density at radius 1 is 0.537 bits per heavy atom. The van der Waals surface area contributed by atoms with Crippen LogP contribution >= 0.6 is 0 Å². The summed E-state index contributed by atoms with van der Waals surface area (Å²) in [6.07, 6.45) is -8.08. The highest BCUT2D eigenvalue weighted by molar-refractivity contribution is 5.99. The van der Waals surface area contributed by atoms with Gasteiger partial charge in [0.25, 0.3) is 0 Å². The maximum atomic E-state index is 13.8. The van der Waals surface area contributed by atoms with Crippen molar-refractivity contribution in [3.63, 3.8) is 0 Å². The van der Waals surface area contributed by atoms with Crippen LogP contribution in [-0.4, -0.2) is 72.1 Å². The van der Waals surface area contributed by atoms with E-state index in [-0.39, 0.29) is 33.6 Å². The van der Waals surface area contributed by atoms with Crippen LogP contribution in [0.5, 0.6) is 11.5 Å². The number of ether oxygens (including phenoxy) is 6. The Hall–Kier alpha value is -6.79. The molecule has 0 amide bonds. The average Bonchev–Trinajstić information content (AvgIpc) is 3.20. The average molecular weight is 731 g/mol. The van der Waals surface area contributed by atoms with Gasteiger partial charge in [-0.15, -0.1) is 0 Å². The van der Waals surface area contributed by atoms with E-state index < -0.39 is 72.7 Å². The molecule has 0 aliphatic carbocycles. The van der Waals surface area contributed by atoms with Crippen molar-refractivity contribution in [3.8, 4) is 11.5 Å². The molecule has 1 aliphatic heterocycles. The monoisotopic (exact) mass is 730 g/mol. The van der Waals surface area contributed by atoms with Crippen molar-refractivity contribution in [1.82, 2.24) is 0 Å². The van der Waals surface area contributed by atoms with Crippen molar-refractivity contribution in [3.05, 3.63) is 167 Å². The minimum atomic E-state index is -1.71. The number of Topliss-reactive ketones (excluding diaryl/α,β-unsaturated/α-hetero) is 1. The van der Waals surface area contributed by atoms with E-state index in [2.05, 4.69) is 0 Å². The minimum Gasteiger partial charge on any atom is -0.507 e. The van der Waals surface area contributed by atoms with Gasteiger partial charge in [-0.3, -0.25) is 4.79 Å². The van der Waals surface area contributed by atoms with E-state index >= 15 is 0 Å². The van der Waals surface area contributed by atoms with Gasteiger partial charge in [0.1, 0.15) is 29.8 Å². The van der Waals surface area contributed by atoms with Gasteiger partial charge < -0.3 is 33.5 Å². The molecular weight excluding hydrogens is 696 g/mol. The lowest BCUT2D eigenvalue weighted by atomic mass is 9.97. The van der Waals surface area contributed by atoms with Gasteiger partial charge in [0.15, 0.2) is 18.0 Å². The Balaban J connectivity index is 1.46. The third-order valence-electron chi connectivity index (χ3n) is 8.34. The fraction of sp³-hybridized carbons (Fsp3) is 0.167. The van der Waals surface area contributed by atoms with E-state index in [4.69, 9.17) is 28.4 Å². The van der Waals surface area contributed by atoms with Gasteiger partial charge in [-0.2, -0.15) is 0 Å². The van der Waals surface area contributed by atoms with Gasteiger partial charge in [0.05, 0.1) is 22.3 Å². The zero-order valence-electron chi connectivity index (χ0n) is 28.8. The molecule has 0 unspecified atom stereocenters. The maximum Gasteiger partial charge on any atom is 0.338 e. The molecule has 0 aromatic heterocycles. The lowest BCUT2D eigenvalue weighted by Crippen LogP contribution is -2.64. The van der Waals surface area contributed by atoms with Crippen molar-refractivity contribution in [2.24, 2.45) is 0 Å². The fourth-order valence-electron chi connectivity index (χ4n) is 5.72. The van der Waals surface area contributed by atoms with E-state index in [1.54, 1.807) is 72.8 Å². The van der Waals surface area contributed by atoms with E-state index in [0.717, 1.165) is 0 Å². The predicted octanol–water partition coefficient (Wildman–Crippen LogP) is 6.23. The highest BCUT2D eigenvalue weighted by atomic mass is 16.7. The summed E-state index contributed by atoms with van der Waals surface area (Å²) in [6.45, 7) is 0.643. The van der Waals surface area contributed by atoms with Crippen LogP contribution in [0.15, 0.2) is 140 Å². The van der Waals surface area contributed by atoms with Gasteiger partial charge in [-0.1, -0.05) is 78.9 Å². The molecule has 1 fully saturated rings. The quantitative estimate of drug-likeness (QED) is 0.0877. The molecule has 0 saturated carbocycles. The first-order valence-corrected chi connectivity index (χ1v) is 16.8. The largest absolute Gasteiger partial charge is 0.507 e. The van der Waals surface area contributed by atoms with Crippen LogP contribution in [0.4, 0.5) is 0 Å². The summed E-state index contributed by atoms with van der Waals surface area (Å²) >= 11 is 0. The molecule has 1 aliphatic rings. The smallest absolute Gasteiger partial charge is 0.338 e. The summed E-state index contributed by atoms with van der Waals surface area (Å²) in [7, 11) is 0. The highest BCUT2D eigenvalue weighted by Crippen LogP contribution is 2.35. The Kier molecular flexibility index (Phi) is 11.7. The van der Waals surface area contributed by atoms with Crippen LogP contribution in [0, 0.1) is 0 Å². The Morgan fingerprint density at radius 2 is 0.963 bits per heavy atom. The van der Waals surface area contributed by atoms with Crippen LogP contribution in [0.2, 0.25) is 0 Å². The molecule has 5 aromatic carbocycles. The molecule has 5 atom stereocenters. The van der Waals surface area contributed by atoms with Gasteiger partial charge >= 0.3 is 23.9 Å². The summed E-state index contributed by atoms with van der Waals surface area (Å²) < 4.78 is 36.2. The zero-order chi connectivity index (χ0) is 38.0. The zero-order valence-corrected chi connectivity index (χ0v) is 28.8. The summed E-state index contributed by atoms with van der Waals surface area (Å²) in [5, 5.41) is 10.6. The van der Waals surface area contributed by atoms with E-state index in [9.17, 15) is 29.1 Å². The minimum absolute atomic E-state index is 0.113. The number of phenols is 1. The normalized spacial score (nSPS) is 19.1. The summed E-state index contributed by atoms with van der Waals surface area (Å²) in [4.78, 5) is 67.0. The van der Waals surface area contributed by atoms with Crippen molar-refractivity contribution >= 4 is 29.7 Å². The molecule has 274 valence electrons. The van der Waals surface area contributed by atoms with Gasteiger partial charge in [-0.25, -0.2) is 19.2 Å².